The number of hydrogen-bond acceptors (Lipinski definition) is 2. The number of nitrogens with two attached hydrogens (primary N) is 1. The molecule has 0 spiro atoms. The molecule has 1 amide bonds. The lowest BCUT2D eigenvalue weighted by atomic mass is 10.0. The van der Waals surface area contributed by atoms with Crippen LogP contribution in [0.5, 0.6) is 0 Å². The Morgan fingerprint density at radius 1 is 1.33 bits per heavy atom. The molecule has 0 fully saturated rings. The van der Waals surface area contributed by atoms with Crippen molar-refractivity contribution in [2.75, 3.05) is 6.54 Å². The predicted molar refractivity (Wildman–Crippen MR) is 65.9 cm³/mol. The van der Waals surface area contributed by atoms with Gasteiger partial charge in [-0.25, -0.2) is 8.78 Å². The van der Waals surface area contributed by atoms with Crippen LogP contribution in [0.2, 0.25) is 0 Å². The van der Waals surface area contributed by atoms with Gasteiger partial charge in [0, 0.05) is 24.1 Å². The Labute approximate surface area is 105 Å². The van der Waals surface area contributed by atoms with Gasteiger partial charge in [0.25, 0.3) is 0 Å². The second kappa shape index (κ2) is 6.44. The summed E-state index contributed by atoms with van der Waals surface area (Å²) in [7, 11) is 0. The number of halogens is 2. The van der Waals surface area contributed by atoms with Gasteiger partial charge in [0.05, 0.1) is 0 Å². The van der Waals surface area contributed by atoms with Crippen LogP contribution in [0.25, 0.3) is 0 Å². The van der Waals surface area contributed by atoms with E-state index in [2.05, 4.69) is 5.32 Å². The largest absolute Gasteiger partial charge is 0.353 e. The topological polar surface area (TPSA) is 55.1 Å². The molecule has 100 valence electrons. The summed E-state index contributed by atoms with van der Waals surface area (Å²) in [5.74, 6) is -1.70. The third-order valence-corrected chi connectivity index (χ3v) is 2.76. The zero-order chi connectivity index (χ0) is 13.7. The summed E-state index contributed by atoms with van der Waals surface area (Å²) in [6.45, 7) is 3.64. The van der Waals surface area contributed by atoms with E-state index in [1.807, 2.05) is 0 Å². The average molecular weight is 256 g/mol. The summed E-state index contributed by atoms with van der Waals surface area (Å²) in [5, 5.41) is 2.68. The summed E-state index contributed by atoms with van der Waals surface area (Å²) < 4.78 is 26.8. The molecule has 1 aromatic carbocycles. The minimum absolute atomic E-state index is 0.00861. The van der Waals surface area contributed by atoms with Crippen LogP contribution in [-0.2, 0) is 11.2 Å². The standard InChI is InChI=1S/C13H18F2N2O/c1-8(7-16)13(18)17-9(2)6-10-11(14)4-3-5-12(10)15/h3-5,8-9H,6-7,16H2,1-2H3,(H,17,18). The predicted octanol–water partition coefficient (Wildman–Crippen LogP) is 1.61. The molecule has 0 aliphatic rings. The fourth-order valence-corrected chi connectivity index (χ4v) is 1.58. The first-order valence-corrected chi connectivity index (χ1v) is 5.89. The molecule has 0 aliphatic heterocycles. The molecule has 0 aliphatic carbocycles. The normalized spacial score (nSPS) is 14.1. The Bertz CT molecular complexity index is 403. The quantitative estimate of drug-likeness (QED) is 0.841. The van der Waals surface area contributed by atoms with Crippen molar-refractivity contribution in [3.05, 3.63) is 35.4 Å². The Morgan fingerprint density at radius 3 is 2.39 bits per heavy atom. The minimum Gasteiger partial charge on any atom is -0.353 e. The van der Waals surface area contributed by atoms with Gasteiger partial charge in [0.15, 0.2) is 0 Å². The maximum Gasteiger partial charge on any atom is 0.224 e. The van der Waals surface area contributed by atoms with Crippen LogP contribution in [0.15, 0.2) is 18.2 Å². The first-order valence-electron chi connectivity index (χ1n) is 5.89. The summed E-state index contributed by atoms with van der Waals surface area (Å²) in [4.78, 5) is 11.6. The second-order valence-electron chi connectivity index (χ2n) is 4.45. The monoisotopic (exact) mass is 256 g/mol. The Balaban J connectivity index is 2.65. The second-order valence-corrected chi connectivity index (χ2v) is 4.45. The van der Waals surface area contributed by atoms with Crippen molar-refractivity contribution >= 4 is 5.91 Å². The molecule has 2 unspecified atom stereocenters. The van der Waals surface area contributed by atoms with Crippen LogP contribution < -0.4 is 11.1 Å². The average Bonchev–Trinajstić information content (AvgIpc) is 2.32. The van der Waals surface area contributed by atoms with Gasteiger partial charge >= 0.3 is 0 Å². The number of rotatable bonds is 5. The van der Waals surface area contributed by atoms with Crippen LogP contribution in [0, 0.1) is 17.6 Å². The van der Waals surface area contributed by atoms with E-state index in [0.717, 1.165) is 0 Å². The number of amides is 1. The van der Waals surface area contributed by atoms with Crippen molar-refractivity contribution in [3.63, 3.8) is 0 Å². The molecule has 5 heteroatoms. The van der Waals surface area contributed by atoms with Crippen LogP contribution in [0.1, 0.15) is 19.4 Å². The molecule has 1 aromatic rings. The highest BCUT2D eigenvalue weighted by Crippen LogP contribution is 2.14. The van der Waals surface area contributed by atoms with Gasteiger partial charge in [-0.15, -0.1) is 0 Å². The van der Waals surface area contributed by atoms with Gasteiger partial charge in [-0.1, -0.05) is 13.0 Å². The van der Waals surface area contributed by atoms with Gasteiger partial charge < -0.3 is 11.1 Å². The minimum atomic E-state index is -0.594. The van der Waals surface area contributed by atoms with E-state index >= 15 is 0 Å². The van der Waals surface area contributed by atoms with E-state index in [1.54, 1.807) is 13.8 Å². The third-order valence-electron chi connectivity index (χ3n) is 2.76. The van der Waals surface area contributed by atoms with E-state index < -0.39 is 11.6 Å². The van der Waals surface area contributed by atoms with E-state index in [0.29, 0.717) is 0 Å². The zero-order valence-corrected chi connectivity index (χ0v) is 10.5. The van der Waals surface area contributed by atoms with Crippen molar-refractivity contribution in [3.8, 4) is 0 Å². The van der Waals surface area contributed by atoms with Crippen LogP contribution in [0.4, 0.5) is 8.78 Å². The molecule has 0 saturated carbocycles. The fourth-order valence-electron chi connectivity index (χ4n) is 1.58. The highest BCUT2D eigenvalue weighted by atomic mass is 19.1. The van der Waals surface area contributed by atoms with Crippen LogP contribution in [-0.4, -0.2) is 18.5 Å². The molecule has 18 heavy (non-hydrogen) atoms. The molecule has 2 atom stereocenters. The Hall–Kier alpha value is -1.49. The SMILES string of the molecule is CC(Cc1c(F)cccc1F)NC(=O)C(C)CN. The number of hydrogen-bond donors (Lipinski definition) is 2. The van der Waals surface area contributed by atoms with Crippen molar-refractivity contribution < 1.29 is 13.6 Å². The Morgan fingerprint density at radius 2 is 1.89 bits per heavy atom. The van der Waals surface area contributed by atoms with Crippen LogP contribution >= 0.6 is 0 Å². The van der Waals surface area contributed by atoms with Crippen molar-refractivity contribution in [2.24, 2.45) is 11.7 Å². The van der Waals surface area contributed by atoms with Gasteiger partial charge in [0.1, 0.15) is 11.6 Å². The van der Waals surface area contributed by atoms with Crippen molar-refractivity contribution in [1.29, 1.82) is 0 Å². The van der Waals surface area contributed by atoms with E-state index in [9.17, 15) is 13.6 Å². The summed E-state index contributed by atoms with van der Waals surface area (Å²) in [6.07, 6.45) is 0.113. The van der Waals surface area contributed by atoms with Gasteiger partial charge in [-0.05, 0) is 25.5 Å². The Kier molecular flexibility index (Phi) is 5.22. The number of carbonyl (C=O) groups is 1. The van der Waals surface area contributed by atoms with Gasteiger partial charge in [-0.2, -0.15) is 0 Å². The molecule has 3 N–H and O–H groups in total. The van der Waals surface area contributed by atoms with E-state index in [-0.39, 0.29) is 36.4 Å². The van der Waals surface area contributed by atoms with Crippen LogP contribution in [0.3, 0.4) is 0 Å². The first-order chi connectivity index (χ1) is 8.45. The lowest BCUT2D eigenvalue weighted by Crippen LogP contribution is -2.40. The molecular weight excluding hydrogens is 238 g/mol. The molecule has 3 nitrogen and oxygen atoms in total. The van der Waals surface area contributed by atoms with Crippen molar-refractivity contribution in [1.82, 2.24) is 5.32 Å². The number of nitrogens with one attached hydrogen (secondary N) is 1. The maximum absolute atomic E-state index is 13.4. The summed E-state index contributed by atoms with van der Waals surface area (Å²) in [5.41, 5.74) is 5.36. The molecule has 0 aromatic heterocycles. The molecule has 0 heterocycles. The summed E-state index contributed by atoms with van der Waals surface area (Å²) in [6, 6.07) is 3.37. The van der Waals surface area contributed by atoms with Crippen molar-refractivity contribution in [2.45, 2.75) is 26.3 Å². The maximum atomic E-state index is 13.4. The third kappa shape index (κ3) is 3.77. The summed E-state index contributed by atoms with van der Waals surface area (Å²) >= 11 is 0. The number of carbonyl (C=O) groups excluding carboxylic acids is 1. The molecule has 0 bridgehead atoms. The zero-order valence-electron chi connectivity index (χ0n) is 10.5. The van der Waals surface area contributed by atoms with Gasteiger partial charge in [-0.3, -0.25) is 4.79 Å². The smallest absolute Gasteiger partial charge is 0.224 e. The molecular formula is C13H18F2N2O. The van der Waals surface area contributed by atoms with E-state index in [1.165, 1.54) is 18.2 Å². The van der Waals surface area contributed by atoms with E-state index in [4.69, 9.17) is 5.73 Å². The highest BCUT2D eigenvalue weighted by Gasteiger charge is 2.16. The lowest BCUT2D eigenvalue weighted by Gasteiger charge is -2.17. The highest BCUT2D eigenvalue weighted by molar-refractivity contribution is 5.78. The first kappa shape index (κ1) is 14.6. The molecule has 1 rings (SSSR count). The fraction of sp³-hybridized carbons (Fsp3) is 0.462. The number of benzene rings is 1. The van der Waals surface area contributed by atoms with Gasteiger partial charge in [0.2, 0.25) is 5.91 Å². The molecule has 0 saturated heterocycles. The molecule has 0 radical (unpaired) electrons. The lowest BCUT2D eigenvalue weighted by molar-refractivity contribution is -0.124.